The summed E-state index contributed by atoms with van der Waals surface area (Å²) in [6, 6.07) is 69.6. The van der Waals surface area contributed by atoms with Gasteiger partial charge in [-0.05, 0) is 81.6 Å². The summed E-state index contributed by atoms with van der Waals surface area (Å²) in [6.45, 7) is 0. The summed E-state index contributed by atoms with van der Waals surface area (Å²) >= 11 is 0. The fraction of sp³-hybridized carbons (Fsp3) is 0.0345. The lowest BCUT2D eigenvalue weighted by Gasteiger charge is -2.15. The lowest BCUT2D eigenvalue weighted by molar-refractivity contribution is 0.672. The molecule has 0 unspecified atom stereocenters. The van der Waals surface area contributed by atoms with Crippen molar-refractivity contribution in [3.8, 4) is 5.69 Å². The van der Waals surface area contributed by atoms with Crippen LogP contribution < -0.4 is 0 Å². The van der Waals surface area contributed by atoms with Crippen molar-refractivity contribution in [2.75, 3.05) is 0 Å². The minimum Gasteiger partial charge on any atom is -0.455 e. The quantitative estimate of drug-likeness (QED) is 0.175. The van der Waals surface area contributed by atoms with E-state index < -0.39 is 0 Å². The van der Waals surface area contributed by atoms with Gasteiger partial charge in [-0.3, -0.25) is 0 Å². The number of allylic oxidation sites excluding steroid dienone is 1. The van der Waals surface area contributed by atoms with Crippen molar-refractivity contribution in [3.05, 3.63) is 217 Å². The maximum atomic E-state index is 7.08. The Morgan fingerprint density at radius 3 is 1.97 bits per heavy atom. The first-order valence-corrected chi connectivity index (χ1v) is 21.4. The molecular weight excluding hydrogens is 755 g/mol. The average Bonchev–Trinajstić information content (AvgIpc) is 3.86. The number of fused-ring (bicyclic) bond motifs is 12. The van der Waals surface area contributed by atoms with E-state index in [2.05, 4.69) is 199 Å². The van der Waals surface area contributed by atoms with E-state index in [-0.39, 0.29) is 0 Å². The standard InChI is InChI=1S/C58H37N3O/c1-2-15-38(16-3-1)58-59-51(43-26-25-36-13-4-5-17-39(36)31-43)23-12-24-52(60-58)50-33-42-20-9-11-22-46(42)57-55(50)48-30-28-44(35-54(48)62-57)61-53-34-41-19-7-6-18-40(41)32-49(53)47-29-27-37-14-8-10-21-45(37)56(47)61/h1-11,13-23,25-35H,12,24H2. The maximum absolute atomic E-state index is 7.08. The van der Waals surface area contributed by atoms with Crippen molar-refractivity contribution in [1.29, 1.82) is 0 Å². The lowest BCUT2D eigenvalue weighted by atomic mass is 9.94. The Morgan fingerprint density at radius 2 is 1.13 bits per heavy atom. The van der Waals surface area contributed by atoms with E-state index in [4.69, 9.17) is 14.4 Å². The first-order valence-electron chi connectivity index (χ1n) is 21.4. The summed E-state index contributed by atoms with van der Waals surface area (Å²) in [5, 5.41) is 14.1. The smallest absolute Gasteiger partial charge is 0.160 e. The number of rotatable bonds is 4. The minimum atomic E-state index is 0.696. The first kappa shape index (κ1) is 34.8. The molecule has 13 rings (SSSR count). The molecule has 0 fully saturated rings. The fourth-order valence-corrected chi connectivity index (χ4v) is 9.85. The third-order valence-corrected chi connectivity index (χ3v) is 12.8. The Balaban J connectivity index is 1.04. The predicted octanol–water partition coefficient (Wildman–Crippen LogP) is 15.4. The second-order valence-electron chi connectivity index (χ2n) is 16.4. The van der Waals surface area contributed by atoms with E-state index in [0.717, 1.165) is 79.3 Å². The van der Waals surface area contributed by atoms with Gasteiger partial charge in [0.1, 0.15) is 11.2 Å². The molecule has 12 aromatic rings. The van der Waals surface area contributed by atoms with E-state index >= 15 is 0 Å². The van der Waals surface area contributed by atoms with Gasteiger partial charge in [0, 0.05) is 60.8 Å². The second kappa shape index (κ2) is 13.7. The molecule has 10 aromatic carbocycles. The molecule has 0 spiro atoms. The minimum absolute atomic E-state index is 0.696. The van der Waals surface area contributed by atoms with Crippen molar-refractivity contribution < 1.29 is 4.42 Å². The molecule has 0 radical (unpaired) electrons. The Bertz CT molecular complexity index is 3920. The van der Waals surface area contributed by atoms with Crippen LogP contribution in [0, 0.1) is 0 Å². The number of hydrogen-bond donors (Lipinski definition) is 0. The van der Waals surface area contributed by atoms with Crippen LogP contribution in [-0.4, -0.2) is 16.1 Å². The van der Waals surface area contributed by atoms with Crippen LogP contribution in [0.3, 0.4) is 0 Å². The van der Waals surface area contributed by atoms with Crippen LogP contribution in [0.1, 0.15) is 29.5 Å². The Kier molecular flexibility index (Phi) is 7.70. The highest BCUT2D eigenvalue weighted by Crippen LogP contribution is 2.42. The molecule has 4 heteroatoms. The summed E-state index contributed by atoms with van der Waals surface area (Å²) in [5.41, 5.74) is 10.2. The summed E-state index contributed by atoms with van der Waals surface area (Å²) in [4.78, 5) is 10.9. The number of aromatic nitrogens is 1. The Hall–Kier alpha value is -8.08. The highest BCUT2D eigenvalue weighted by atomic mass is 16.3. The zero-order valence-corrected chi connectivity index (χ0v) is 33.7. The molecule has 0 bridgehead atoms. The summed E-state index contributed by atoms with van der Waals surface area (Å²) in [7, 11) is 0. The number of aliphatic imine (C=N–C) groups is 2. The number of benzene rings is 10. The number of amidine groups is 1. The molecule has 3 heterocycles. The molecule has 1 aliphatic heterocycles. The molecule has 4 nitrogen and oxygen atoms in total. The van der Waals surface area contributed by atoms with Gasteiger partial charge < -0.3 is 8.98 Å². The predicted molar refractivity (Wildman–Crippen MR) is 261 cm³/mol. The van der Waals surface area contributed by atoms with E-state index in [1.807, 2.05) is 6.07 Å². The van der Waals surface area contributed by atoms with Gasteiger partial charge in [-0.1, -0.05) is 158 Å². The lowest BCUT2D eigenvalue weighted by Crippen LogP contribution is -2.10. The van der Waals surface area contributed by atoms with E-state index in [1.165, 1.54) is 54.1 Å². The first-order chi connectivity index (χ1) is 30.7. The number of furan rings is 1. The van der Waals surface area contributed by atoms with Crippen molar-refractivity contribution in [2.24, 2.45) is 9.98 Å². The van der Waals surface area contributed by atoms with Crippen LogP contribution in [0.4, 0.5) is 0 Å². The molecule has 0 atom stereocenters. The molecule has 0 saturated carbocycles. The monoisotopic (exact) mass is 791 g/mol. The van der Waals surface area contributed by atoms with Crippen LogP contribution >= 0.6 is 0 Å². The third kappa shape index (κ3) is 5.47. The molecule has 62 heavy (non-hydrogen) atoms. The highest BCUT2D eigenvalue weighted by Gasteiger charge is 2.22. The van der Waals surface area contributed by atoms with Gasteiger partial charge in [0.25, 0.3) is 0 Å². The zero-order chi connectivity index (χ0) is 40.7. The number of hydrogen-bond acceptors (Lipinski definition) is 3. The van der Waals surface area contributed by atoms with Gasteiger partial charge in [0.15, 0.2) is 5.84 Å². The van der Waals surface area contributed by atoms with Gasteiger partial charge in [-0.2, -0.15) is 0 Å². The van der Waals surface area contributed by atoms with Crippen LogP contribution in [0.2, 0.25) is 0 Å². The second-order valence-corrected chi connectivity index (χ2v) is 16.4. The van der Waals surface area contributed by atoms with Gasteiger partial charge in [-0.15, -0.1) is 0 Å². The van der Waals surface area contributed by atoms with Crippen molar-refractivity contribution in [2.45, 2.75) is 12.8 Å². The Morgan fingerprint density at radius 1 is 0.452 bits per heavy atom. The van der Waals surface area contributed by atoms with Crippen molar-refractivity contribution >= 4 is 104 Å². The highest BCUT2D eigenvalue weighted by molar-refractivity contribution is 6.27. The molecule has 0 aliphatic carbocycles. The van der Waals surface area contributed by atoms with Crippen LogP contribution in [-0.2, 0) is 0 Å². The number of nitrogens with zero attached hydrogens (tertiary/aromatic N) is 3. The van der Waals surface area contributed by atoms with Gasteiger partial charge in [-0.25, -0.2) is 9.98 Å². The van der Waals surface area contributed by atoms with E-state index in [0.29, 0.717) is 5.84 Å². The molecule has 0 N–H and O–H groups in total. The van der Waals surface area contributed by atoms with Gasteiger partial charge in [0.2, 0.25) is 0 Å². The molecular formula is C58H37N3O. The third-order valence-electron chi connectivity index (χ3n) is 12.8. The fourth-order valence-electron chi connectivity index (χ4n) is 9.85. The SMILES string of the molecule is C1=C(c2ccc3ccccc3c2)N=C(c2ccccc2)N=C(c2cc3ccccc3c3oc4cc(-n5c6cc7ccccc7cc6c6ccc7ccccc7c65)ccc4c23)CC1. The summed E-state index contributed by atoms with van der Waals surface area (Å²) in [6.07, 6.45) is 3.80. The van der Waals surface area contributed by atoms with Crippen LogP contribution in [0.15, 0.2) is 215 Å². The normalized spacial score (nSPS) is 13.6. The van der Waals surface area contributed by atoms with Crippen LogP contribution in [0.25, 0.3) is 98.2 Å². The molecule has 0 saturated heterocycles. The maximum Gasteiger partial charge on any atom is 0.160 e. The topological polar surface area (TPSA) is 42.8 Å². The summed E-state index contributed by atoms with van der Waals surface area (Å²) < 4.78 is 9.52. The van der Waals surface area contributed by atoms with Gasteiger partial charge >= 0.3 is 0 Å². The Labute approximate surface area is 357 Å². The van der Waals surface area contributed by atoms with E-state index in [9.17, 15) is 0 Å². The van der Waals surface area contributed by atoms with Crippen molar-refractivity contribution in [3.63, 3.8) is 0 Å². The van der Waals surface area contributed by atoms with Crippen molar-refractivity contribution in [1.82, 2.24) is 4.57 Å². The average molecular weight is 792 g/mol. The molecule has 0 amide bonds. The largest absolute Gasteiger partial charge is 0.455 e. The van der Waals surface area contributed by atoms with Crippen LogP contribution in [0.5, 0.6) is 0 Å². The molecule has 2 aromatic heterocycles. The molecule has 1 aliphatic rings. The zero-order valence-electron chi connectivity index (χ0n) is 33.7. The van der Waals surface area contributed by atoms with E-state index in [1.54, 1.807) is 0 Å². The van der Waals surface area contributed by atoms with Gasteiger partial charge in [0.05, 0.1) is 22.4 Å². The summed E-state index contributed by atoms with van der Waals surface area (Å²) in [5.74, 6) is 0.696. The molecule has 290 valence electrons.